The maximum atomic E-state index is 12.7. The molecule has 3 rings (SSSR count). The molecule has 1 aromatic heterocycles. The number of hydrogen-bond acceptors (Lipinski definition) is 7. The van der Waals surface area contributed by atoms with Crippen LogP contribution in [0.25, 0.3) is 16.8 Å². The largest absolute Gasteiger partial charge is 0.493 e. The molecule has 0 radical (unpaired) electrons. The standard InChI is InChI=1S/C20H23N5O4/c1-27-8-4-7-21-20(26)16-9-15(10-17(11-16)25-13-22-23-24-25)14-5-6-18(28-2)19(12-14)29-3/h5-6,9-13H,4,7-8H2,1-3H3,(H,21,26). The van der Waals surface area contributed by atoms with Crippen LogP contribution in [-0.2, 0) is 4.74 Å². The Balaban J connectivity index is 1.98. The molecular weight excluding hydrogens is 374 g/mol. The Bertz CT molecular complexity index is 960. The van der Waals surface area contributed by atoms with Gasteiger partial charge in [-0.25, -0.2) is 4.68 Å². The highest BCUT2D eigenvalue weighted by Crippen LogP contribution is 2.33. The van der Waals surface area contributed by atoms with Gasteiger partial charge in [0.05, 0.1) is 19.9 Å². The minimum Gasteiger partial charge on any atom is -0.493 e. The van der Waals surface area contributed by atoms with Crippen LogP contribution in [-0.4, -0.2) is 60.6 Å². The van der Waals surface area contributed by atoms with Gasteiger partial charge in [0, 0.05) is 25.8 Å². The maximum absolute atomic E-state index is 12.7. The van der Waals surface area contributed by atoms with E-state index < -0.39 is 0 Å². The molecule has 0 saturated heterocycles. The number of tetrazole rings is 1. The van der Waals surface area contributed by atoms with E-state index in [1.165, 1.54) is 11.0 Å². The minimum absolute atomic E-state index is 0.183. The number of carbonyl (C=O) groups is 1. The van der Waals surface area contributed by atoms with Crippen molar-refractivity contribution in [2.45, 2.75) is 6.42 Å². The van der Waals surface area contributed by atoms with E-state index in [1.807, 2.05) is 30.3 Å². The van der Waals surface area contributed by atoms with Gasteiger partial charge in [0.15, 0.2) is 11.5 Å². The molecule has 2 aromatic carbocycles. The molecule has 3 aromatic rings. The molecule has 9 heteroatoms. The van der Waals surface area contributed by atoms with E-state index in [0.717, 1.165) is 17.5 Å². The quantitative estimate of drug-likeness (QED) is 0.552. The first-order valence-corrected chi connectivity index (χ1v) is 9.04. The summed E-state index contributed by atoms with van der Waals surface area (Å²) in [6, 6.07) is 11.0. The first-order valence-electron chi connectivity index (χ1n) is 9.04. The first-order chi connectivity index (χ1) is 14.2. The van der Waals surface area contributed by atoms with E-state index in [9.17, 15) is 4.79 Å². The molecule has 1 heterocycles. The average Bonchev–Trinajstić information content (AvgIpc) is 3.30. The van der Waals surface area contributed by atoms with E-state index in [0.29, 0.717) is 35.9 Å². The molecule has 0 atom stereocenters. The van der Waals surface area contributed by atoms with Gasteiger partial charge in [-0.3, -0.25) is 4.79 Å². The van der Waals surface area contributed by atoms with Gasteiger partial charge >= 0.3 is 0 Å². The van der Waals surface area contributed by atoms with Crippen LogP contribution in [0.15, 0.2) is 42.7 Å². The van der Waals surface area contributed by atoms with Crippen molar-refractivity contribution < 1.29 is 19.0 Å². The van der Waals surface area contributed by atoms with Crippen LogP contribution >= 0.6 is 0 Å². The number of nitrogens with zero attached hydrogens (tertiary/aromatic N) is 4. The number of hydrogen-bond donors (Lipinski definition) is 1. The van der Waals surface area contributed by atoms with Crippen molar-refractivity contribution in [3.63, 3.8) is 0 Å². The molecule has 1 N–H and O–H groups in total. The third-order valence-electron chi connectivity index (χ3n) is 4.32. The Morgan fingerprint density at radius 2 is 1.86 bits per heavy atom. The topological polar surface area (TPSA) is 100 Å². The van der Waals surface area contributed by atoms with Crippen LogP contribution in [0.2, 0.25) is 0 Å². The number of carbonyl (C=O) groups excluding carboxylic acids is 1. The zero-order valence-corrected chi connectivity index (χ0v) is 16.6. The second-order valence-electron chi connectivity index (χ2n) is 6.19. The third kappa shape index (κ3) is 4.88. The molecule has 0 saturated carbocycles. The van der Waals surface area contributed by atoms with E-state index in [2.05, 4.69) is 20.8 Å². The van der Waals surface area contributed by atoms with Crippen LogP contribution in [0.5, 0.6) is 11.5 Å². The Hall–Kier alpha value is -3.46. The monoisotopic (exact) mass is 397 g/mol. The minimum atomic E-state index is -0.183. The number of ether oxygens (including phenoxy) is 3. The lowest BCUT2D eigenvalue weighted by molar-refractivity contribution is 0.0948. The van der Waals surface area contributed by atoms with Crippen molar-refractivity contribution in [3.8, 4) is 28.3 Å². The highest BCUT2D eigenvalue weighted by atomic mass is 16.5. The summed E-state index contributed by atoms with van der Waals surface area (Å²) in [7, 11) is 4.80. The number of nitrogens with one attached hydrogen (secondary N) is 1. The molecule has 0 aliphatic rings. The molecule has 1 amide bonds. The lowest BCUT2D eigenvalue weighted by atomic mass is 10.0. The predicted molar refractivity (Wildman–Crippen MR) is 107 cm³/mol. The zero-order chi connectivity index (χ0) is 20.6. The highest BCUT2D eigenvalue weighted by molar-refractivity contribution is 5.96. The van der Waals surface area contributed by atoms with Crippen molar-refractivity contribution in [3.05, 3.63) is 48.3 Å². The van der Waals surface area contributed by atoms with Crippen LogP contribution in [0.1, 0.15) is 16.8 Å². The first kappa shape index (κ1) is 20.3. The number of benzene rings is 2. The second kappa shape index (κ2) is 9.65. The van der Waals surface area contributed by atoms with Crippen molar-refractivity contribution >= 4 is 5.91 Å². The molecule has 152 valence electrons. The number of methoxy groups -OCH3 is 3. The van der Waals surface area contributed by atoms with Crippen LogP contribution < -0.4 is 14.8 Å². The molecule has 9 nitrogen and oxygen atoms in total. The smallest absolute Gasteiger partial charge is 0.251 e. The average molecular weight is 397 g/mol. The summed E-state index contributed by atoms with van der Waals surface area (Å²) in [6.45, 7) is 1.11. The molecule has 0 fully saturated rings. The van der Waals surface area contributed by atoms with Crippen molar-refractivity contribution in [1.29, 1.82) is 0 Å². The molecule has 0 aliphatic carbocycles. The SMILES string of the molecule is COCCCNC(=O)c1cc(-c2ccc(OC)c(OC)c2)cc(-n2cnnn2)c1. The lowest BCUT2D eigenvalue weighted by Gasteiger charge is -2.13. The van der Waals surface area contributed by atoms with Crippen molar-refractivity contribution in [2.24, 2.45) is 0 Å². The Kier molecular flexibility index (Phi) is 6.75. The number of amides is 1. The summed E-state index contributed by atoms with van der Waals surface area (Å²) in [5.74, 6) is 1.05. The summed E-state index contributed by atoms with van der Waals surface area (Å²) in [5.41, 5.74) is 2.86. The van der Waals surface area contributed by atoms with Gasteiger partial charge in [0.25, 0.3) is 5.91 Å². The fourth-order valence-electron chi connectivity index (χ4n) is 2.86. The van der Waals surface area contributed by atoms with Gasteiger partial charge in [0.2, 0.25) is 0 Å². The van der Waals surface area contributed by atoms with E-state index in [4.69, 9.17) is 14.2 Å². The highest BCUT2D eigenvalue weighted by Gasteiger charge is 2.13. The van der Waals surface area contributed by atoms with Gasteiger partial charge in [0.1, 0.15) is 6.33 Å². The summed E-state index contributed by atoms with van der Waals surface area (Å²) >= 11 is 0. The number of rotatable bonds is 9. The van der Waals surface area contributed by atoms with E-state index in [1.54, 1.807) is 27.4 Å². The van der Waals surface area contributed by atoms with Gasteiger partial charge in [-0.1, -0.05) is 6.07 Å². The third-order valence-corrected chi connectivity index (χ3v) is 4.32. The Morgan fingerprint density at radius 1 is 1.03 bits per heavy atom. The van der Waals surface area contributed by atoms with Crippen LogP contribution in [0, 0.1) is 0 Å². The van der Waals surface area contributed by atoms with Gasteiger partial charge < -0.3 is 19.5 Å². The maximum Gasteiger partial charge on any atom is 0.251 e. The van der Waals surface area contributed by atoms with Crippen LogP contribution in [0.4, 0.5) is 0 Å². The van der Waals surface area contributed by atoms with Gasteiger partial charge in [-0.15, -0.1) is 5.10 Å². The van der Waals surface area contributed by atoms with Crippen LogP contribution in [0.3, 0.4) is 0 Å². The normalized spacial score (nSPS) is 10.6. The Morgan fingerprint density at radius 3 is 2.55 bits per heavy atom. The van der Waals surface area contributed by atoms with Crippen molar-refractivity contribution in [1.82, 2.24) is 25.5 Å². The van der Waals surface area contributed by atoms with Gasteiger partial charge in [-0.05, 0) is 58.3 Å². The molecule has 0 spiro atoms. The fourth-order valence-corrected chi connectivity index (χ4v) is 2.86. The molecular formula is C20H23N5O4. The van der Waals surface area contributed by atoms with E-state index in [-0.39, 0.29) is 5.91 Å². The molecule has 0 aliphatic heterocycles. The lowest BCUT2D eigenvalue weighted by Crippen LogP contribution is -2.25. The molecule has 29 heavy (non-hydrogen) atoms. The molecule has 0 unspecified atom stereocenters. The number of aromatic nitrogens is 4. The summed E-state index contributed by atoms with van der Waals surface area (Å²) in [4.78, 5) is 12.7. The predicted octanol–water partition coefficient (Wildman–Crippen LogP) is 2.11. The zero-order valence-electron chi connectivity index (χ0n) is 16.6. The molecule has 0 bridgehead atoms. The summed E-state index contributed by atoms with van der Waals surface area (Å²) < 4.78 is 17.2. The fraction of sp³-hybridized carbons (Fsp3) is 0.300. The van der Waals surface area contributed by atoms with Gasteiger partial charge in [-0.2, -0.15) is 0 Å². The Labute approximate surface area is 168 Å². The summed E-state index contributed by atoms with van der Waals surface area (Å²) in [6.07, 6.45) is 2.21. The summed E-state index contributed by atoms with van der Waals surface area (Å²) in [5, 5.41) is 14.2. The van der Waals surface area contributed by atoms with Crippen molar-refractivity contribution in [2.75, 3.05) is 34.5 Å². The van der Waals surface area contributed by atoms with E-state index >= 15 is 0 Å². The second-order valence-corrected chi connectivity index (χ2v) is 6.19.